The van der Waals surface area contributed by atoms with Crippen LogP contribution < -0.4 is 14.8 Å². The van der Waals surface area contributed by atoms with Gasteiger partial charge in [0, 0.05) is 17.2 Å². The molecule has 0 aliphatic carbocycles. The fourth-order valence-corrected chi connectivity index (χ4v) is 2.70. The third-order valence-corrected chi connectivity index (χ3v) is 4.20. The lowest BCUT2D eigenvalue weighted by atomic mass is 9.97. The molecule has 7 heteroatoms. The number of carbonyl (C=O) groups is 1. The van der Waals surface area contributed by atoms with Gasteiger partial charge in [-0.05, 0) is 42.0 Å². The van der Waals surface area contributed by atoms with Gasteiger partial charge in [0.05, 0.1) is 7.11 Å². The van der Waals surface area contributed by atoms with Gasteiger partial charge in [-0.3, -0.25) is 4.79 Å². The van der Waals surface area contributed by atoms with E-state index in [-0.39, 0.29) is 17.9 Å². The highest BCUT2D eigenvalue weighted by atomic mass is 16.5. The number of methoxy groups -OCH3 is 1. The molecule has 1 N–H and O–H groups in total. The molecule has 0 radical (unpaired) electrons. The molecule has 0 atom stereocenters. The number of carbonyl (C=O) groups excluding carboxylic acids is 1. The summed E-state index contributed by atoms with van der Waals surface area (Å²) < 4.78 is 16.3. The van der Waals surface area contributed by atoms with E-state index in [1.807, 2.05) is 26.8 Å². The highest BCUT2D eigenvalue weighted by molar-refractivity contribution is 6.02. The van der Waals surface area contributed by atoms with E-state index in [2.05, 4.69) is 10.3 Å². The summed E-state index contributed by atoms with van der Waals surface area (Å²) in [5, 5.41) is 11.4. The van der Waals surface area contributed by atoms with Gasteiger partial charge in [0.25, 0.3) is 0 Å². The normalized spacial score (nSPS) is 11.4. The van der Waals surface area contributed by atoms with Crippen molar-refractivity contribution in [1.82, 2.24) is 4.98 Å². The number of hydrogen-bond acceptors (Lipinski definition) is 6. The number of benzene rings is 2. The van der Waals surface area contributed by atoms with Crippen molar-refractivity contribution >= 4 is 28.8 Å². The average molecular weight is 405 g/mol. The number of aromatic nitrogens is 1. The van der Waals surface area contributed by atoms with Crippen LogP contribution in [0.15, 0.2) is 46.9 Å². The maximum Gasteiger partial charge on any atom is 0.248 e. The SMILES string of the molecule is COc1cc(/C=C/C(=O)Nc2ccc3oc(C(C)(C)C)nc3c2)ccc1OCC#N. The lowest BCUT2D eigenvalue weighted by molar-refractivity contribution is -0.111. The van der Waals surface area contributed by atoms with Gasteiger partial charge in [-0.25, -0.2) is 4.98 Å². The zero-order valence-corrected chi connectivity index (χ0v) is 17.4. The van der Waals surface area contributed by atoms with E-state index >= 15 is 0 Å². The van der Waals surface area contributed by atoms with Crippen molar-refractivity contribution in [2.45, 2.75) is 26.2 Å². The number of fused-ring (bicyclic) bond motifs is 1. The predicted molar refractivity (Wildman–Crippen MR) is 114 cm³/mol. The zero-order chi connectivity index (χ0) is 21.7. The summed E-state index contributed by atoms with van der Waals surface area (Å²) in [7, 11) is 1.51. The smallest absolute Gasteiger partial charge is 0.248 e. The van der Waals surface area contributed by atoms with Gasteiger partial charge in [-0.15, -0.1) is 0 Å². The molecule has 1 amide bonds. The maximum absolute atomic E-state index is 12.3. The van der Waals surface area contributed by atoms with E-state index in [1.54, 1.807) is 42.5 Å². The minimum absolute atomic E-state index is 0.0684. The maximum atomic E-state index is 12.3. The number of oxazole rings is 1. The molecular weight excluding hydrogens is 382 g/mol. The Labute approximate surface area is 174 Å². The highest BCUT2D eigenvalue weighted by Gasteiger charge is 2.21. The molecule has 1 aromatic heterocycles. The summed E-state index contributed by atoms with van der Waals surface area (Å²) in [4.78, 5) is 16.8. The first-order valence-corrected chi connectivity index (χ1v) is 9.38. The molecule has 0 aliphatic rings. The minimum atomic E-state index is -0.280. The number of rotatable bonds is 6. The topological polar surface area (TPSA) is 97.4 Å². The van der Waals surface area contributed by atoms with Crippen molar-refractivity contribution in [3.05, 3.63) is 53.9 Å². The first-order chi connectivity index (χ1) is 14.3. The fourth-order valence-electron chi connectivity index (χ4n) is 2.70. The number of anilines is 1. The molecular formula is C23H23N3O4. The van der Waals surface area contributed by atoms with E-state index in [4.69, 9.17) is 19.2 Å². The standard InChI is InChI=1S/C23H23N3O4/c1-23(2,3)22-26-17-14-16(7-9-18(17)30-22)25-21(27)10-6-15-5-8-19(29-12-11-24)20(13-15)28-4/h5-10,13-14H,12H2,1-4H3,(H,25,27)/b10-6+. The van der Waals surface area contributed by atoms with Crippen LogP contribution in [0.1, 0.15) is 32.2 Å². The van der Waals surface area contributed by atoms with Crippen LogP contribution in [0.4, 0.5) is 5.69 Å². The second kappa shape index (κ2) is 8.70. The van der Waals surface area contributed by atoms with Gasteiger partial charge in [-0.1, -0.05) is 26.8 Å². The summed E-state index contributed by atoms with van der Waals surface area (Å²) in [5.74, 6) is 1.32. The van der Waals surface area contributed by atoms with Crippen molar-refractivity contribution in [1.29, 1.82) is 5.26 Å². The third-order valence-electron chi connectivity index (χ3n) is 4.20. The molecule has 0 fully saturated rings. The monoisotopic (exact) mass is 405 g/mol. The Hall–Kier alpha value is -3.79. The second-order valence-corrected chi connectivity index (χ2v) is 7.63. The summed E-state index contributed by atoms with van der Waals surface area (Å²) in [6, 6.07) is 12.5. The average Bonchev–Trinajstić information content (AvgIpc) is 3.15. The Bertz CT molecular complexity index is 1130. The Morgan fingerprint density at radius 2 is 2.03 bits per heavy atom. The molecule has 3 rings (SSSR count). The molecule has 154 valence electrons. The number of ether oxygens (including phenoxy) is 2. The Morgan fingerprint density at radius 3 is 2.73 bits per heavy atom. The molecule has 0 saturated heterocycles. The molecule has 0 aliphatic heterocycles. The van der Waals surface area contributed by atoms with Crippen LogP contribution in [0.2, 0.25) is 0 Å². The van der Waals surface area contributed by atoms with E-state index < -0.39 is 0 Å². The molecule has 1 heterocycles. The lowest BCUT2D eigenvalue weighted by Crippen LogP contribution is -2.11. The summed E-state index contributed by atoms with van der Waals surface area (Å²) in [6.45, 7) is 6.02. The van der Waals surface area contributed by atoms with E-state index in [0.717, 1.165) is 5.56 Å². The van der Waals surface area contributed by atoms with Gasteiger partial charge < -0.3 is 19.2 Å². The van der Waals surface area contributed by atoms with Crippen LogP contribution in [0.25, 0.3) is 17.2 Å². The minimum Gasteiger partial charge on any atom is -0.493 e. The summed E-state index contributed by atoms with van der Waals surface area (Å²) in [6.07, 6.45) is 3.09. The number of nitrogens with one attached hydrogen (secondary N) is 1. The molecule has 7 nitrogen and oxygen atoms in total. The van der Waals surface area contributed by atoms with E-state index in [9.17, 15) is 4.79 Å². The Morgan fingerprint density at radius 1 is 1.23 bits per heavy atom. The molecule has 0 spiro atoms. The van der Waals surface area contributed by atoms with Crippen LogP contribution in [0, 0.1) is 11.3 Å². The molecule has 2 aromatic carbocycles. The molecule has 0 unspecified atom stereocenters. The number of amides is 1. The van der Waals surface area contributed by atoms with Crippen LogP contribution in [0.5, 0.6) is 11.5 Å². The van der Waals surface area contributed by atoms with Crippen molar-refractivity contribution in [3.8, 4) is 17.6 Å². The fraction of sp³-hybridized carbons (Fsp3) is 0.261. The summed E-state index contributed by atoms with van der Waals surface area (Å²) in [5.41, 5.74) is 2.57. The van der Waals surface area contributed by atoms with E-state index in [0.29, 0.717) is 34.2 Å². The van der Waals surface area contributed by atoms with Crippen molar-refractivity contribution in [3.63, 3.8) is 0 Å². The van der Waals surface area contributed by atoms with Crippen LogP contribution in [-0.4, -0.2) is 24.6 Å². The first kappa shape index (κ1) is 20.9. The number of hydrogen-bond donors (Lipinski definition) is 1. The Balaban J connectivity index is 1.70. The largest absolute Gasteiger partial charge is 0.493 e. The van der Waals surface area contributed by atoms with Crippen LogP contribution >= 0.6 is 0 Å². The van der Waals surface area contributed by atoms with Crippen LogP contribution in [-0.2, 0) is 10.2 Å². The van der Waals surface area contributed by atoms with Gasteiger partial charge in [0.1, 0.15) is 11.6 Å². The van der Waals surface area contributed by atoms with Gasteiger partial charge >= 0.3 is 0 Å². The lowest BCUT2D eigenvalue weighted by Gasteiger charge is -2.11. The summed E-state index contributed by atoms with van der Waals surface area (Å²) >= 11 is 0. The van der Waals surface area contributed by atoms with Crippen LogP contribution in [0.3, 0.4) is 0 Å². The van der Waals surface area contributed by atoms with Gasteiger partial charge in [0.15, 0.2) is 23.7 Å². The van der Waals surface area contributed by atoms with Crippen molar-refractivity contribution in [2.75, 3.05) is 19.0 Å². The zero-order valence-electron chi connectivity index (χ0n) is 17.4. The second-order valence-electron chi connectivity index (χ2n) is 7.63. The van der Waals surface area contributed by atoms with Gasteiger partial charge in [0.2, 0.25) is 11.8 Å². The predicted octanol–water partition coefficient (Wildman–Crippen LogP) is 4.69. The van der Waals surface area contributed by atoms with Gasteiger partial charge in [-0.2, -0.15) is 5.26 Å². The third kappa shape index (κ3) is 4.97. The molecule has 30 heavy (non-hydrogen) atoms. The quantitative estimate of drug-likeness (QED) is 0.598. The van der Waals surface area contributed by atoms with E-state index in [1.165, 1.54) is 13.2 Å². The molecule has 0 bridgehead atoms. The highest BCUT2D eigenvalue weighted by Crippen LogP contribution is 2.29. The molecule has 0 saturated carbocycles. The Kier molecular flexibility index (Phi) is 6.07. The number of nitriles is 1. The molecule has 3 aromatic rings. The van der Waals surface area contributed by atoms with Crippen molar-refractivity contribution in [2.24, 2.45) is 0 Å². The first-order valence-electron chi connectivity index (χ1n) is 9.38. The van der Waals surface area contributed by atoms with Crippen molar-refractivity contribution < 1.29 is 18.7 Å². The number of nitrogens with zero attached hydrogens (tertiary/aromatic N) is 2.